The van der Waals surface area contributed by atoms with Crippen molar-refractivity contribution >= 4 is 12.0 Å². The Balaban J connectivity index is 1.96. The first-order valence-electron chi connectivity index (χ1n) is 11.5. The molecule has 5 nitrogen and oxygen atoms in total. The quantitative estimate of drug-likeness (QED) is 0.204. The van der Waals surface area contributed by atoms with E-state index in [2.05, 4.69) is 25.1 Å². The van der Waals surface area contributed by atoms with Crippen LogP contribution in [0.3, 0.4) is 0 Å². The van der Waals surface area contributed by atoms with Gasteiger partial charge in [-0.2, -0.15) is 0 Å². The van der Waals surface area contributed by atoms with Crippen LogP contribution in [0.4, 0.5) is 0 Å². The summed E-state index contributed by atoms with van der Waals surface area (Å²) in [4.78, 5) is 11.9. The average Bonchev–Trinajstić information content (AvgIpc) is 2.82. The zero-order valence-electron chi connectivity index (χ0n) is 19.6. The standard InChI is InChI=1S/C27H36O5/c1-4-6-18-31-26-21-23(13-17-27(28)32-20-19-30-5-2)10-14-24(26)9-7-8-22-11-15-25(29-3)16-12-22/h10-17,21H,4-9,18-20H2,1-3H3/b17-13-. The Bertz CT molecular complexity index is 826. The lowest BCUT2D eigenvalue weighted by Crippen LogP contribution is -2.08. The number of hydrogen-bond acceptors (Lipinski definition) is 5. The Morgan fingerprint density at radius 2 is 1.75 bits per heavy atom. The molecule has 0 saturated heterocycles. The number of esters is 1. The molecule has 0 spiro atoms. The van der Waals surface area contributed by atoms with Crippen LogP contribution in [0.15, 0.2) is 48.5 Å². The highest BCUT2D eigenvalue weighted by molar-refractivity contribution is 5.87. The van der Waals surface area contributed by atoms with E-state index in [0.717, 1.165) is 49.2 Å². The molecule has 2 aromatic rings. The fraction of sp³-hybridized carbons (Fsp3) is 0.444. The van der Waals surface area contributed by atoms with E-state index >= 15 is 0 Å². The minimum Gasteiger partial charge on any atom is -0.497 e. The molecule has 0 atom stereocenters. The molecule has 0 fully saturated rings. The van der Waals surface area contributed by atoms with Crippen molar-refractivity contribution in [1.82, 2.24) is 0 Å². The van der Waals surface area contributed by atoms with Crippen molar-refractivity contribution in [3.05, 3.63) is 65.2 Å². The van der Waals surface area contributed by atoms with Gasteiger partial charge in [0.2, 0.25) is 0 Å². The number of ether oxygens (including phenoxy) is 4. The molecule has 0 bridgehead atoms. The molecular formula is C27H36O5. The normalized spacial score (nSPS) is 11.0. The Hall–Kier alpha value is -2.79. The lowest BCUT2D eigenvalue weighted by Gasteiger charge is -2.13. The Morgan fingerprint density at radius 1 is 0.938 bits per heavy atom. The molecule has 0 amide bonds. The van der Waals surface area contributed by atoms with E-state index in [1.54, 1.807) is 13.2 Å². The van der Waals surface area contributed by atoms with E-state index in [-0.39, 0.29) is 12.6 Å². The van der Waals surface area contributed by atoms with Crippen molar-refractivity contribution in [2.45, 2.75) is 46.0 Å². The van der Waals surface area contributed by atoms with Crippen molar-refractivity contribution < 1.29 is 23.7 Å². The first kappa shape index (κ1) is 25.5. The number of aryl methyl sites for hydroxylation is 2. The number of carbonyl (C=O) groups is 1. The van der Waals surface area contributed by atoms with Gasteiger partial charge in [0.1, 0.15) is 18.1 Å². The third-order valence-corrected chi connectivity index (χ3v) is 5.01. The third kappa shape index (κ3) is 9.56. The molecule has 2 rings (SSSR count). The second kappa shape index (κ2) is 15.1. The fourth-order valence-corrected chi connectivity index (χ4v) is 3.18. The Kier molecular flexibility index (Phi) is 12.0. The van der Waals surface area contributed by atoms with Crippen LogP contribution in [0.2, 0.25) is 0 Å². The minimum atomic E-state index is -0.373. The summed E-state index contributed by atoms with van der Waals surface area (Å²) < 4.78 is 21.6. The van der Waals surface area contributed by atoms with Gasteiger partial charge < -0.3 is 18.9 Å². The second-order valence-electron chi connectivity index (χ2n) is 7.47. The molecule has 2 aromatic carbocycles. The predicted molar refractivity (Wildman–Crippen MR) is 128 cm³/mol. The zero-order chi connectivity index (χ0) is 23.0. The van der Waals surface area contributed by atoms with Crippen molar-refractivity contribution in [1.29, 1.82) is 0 Å². The fourth-order valence-electron chi connectivity index (χ4n) is 3.18. The van der Waals surface area contributed by atoms with Crippen LogP contribution >= 0.6 is 0 Å². The molecule has 0 aliphatic heterocycles. The maximum atomic E-state index is 11.9. The average molecular weight is 441 g/mol. The Morgan fingerprint density at radius 3 is 2.47 bits per heavy atom. The number of methoxy groups -OCH3 is 1. The van der Waals surface area contributed by atoms with Gasteiger partial charge in [0, 0.05) is 12.7 Å². The molecule has 0 heterocycles. The van der Waals surface area contributed by atoms with Gasteiger partial charge in [-0.3, -0.25) is 0 Å². The van der Waals surface area contributed by atoms with Gasteiger partial charge in [-0.05, 0) is 73.6 Å². The third-order valence-electron chi connectivity index (χ3n) is 5.01. The van der Waals surface area contributed by atoms with Crippen LogP contribution in [0.1, 0.15) is 49.8 Å². The van der Waals surface area contributed by atoms with E-state index in [1.165, 1.54) is 17.2 Å². The maximum Gasteiger partial charge on any atom is 0.330 e. The smallest absolute Gasteiger partial charge is 0.330 e. The summed E-state index contributed by atoms with van der Waals surface area (Å²) in [5, 5.41) is 0. The van der Waals surface area contributed by atoms with Gasteiger partial charge in [-0.15, -0.1) is 0 Å². The first-order valence-corrected chi connectivity index (χ1v) is 11.5. The van der Waals surface area contributed by atoms with Gasteiger partial charge in [-0.25, -0.2) is 4.79 Å². The van der Waals surface area contributed by atoms with Crippen LogP contribution in [0.25, 0.3) is 6.08 Å². The number of benzene rings is 2. The van der Waals surface area contributed by atoms with Crippen molar-refractivity contribution in [3.63, 3.8) is 0 Å². The van der Waals surface area contributed by atoms with Gasteiger partial charge in [0.05, 0.1) is 20.3 Å². The number of hydrogen-bond donors (Lipinski definition) is 0. The highest BCUT2D eigenvalue weighted by atomic mass is 16.6. The molecule has 0 unspecified atom stereocenters. The summed E-state index contributed by atoms with van der Waals surface area (Å²) in [5.41, 5.74) is 3.39. The highest BCUT2D eigenvalue weighted by Crippen LogP contribution is 2.24. The van der Waals surface area contributed by atoms with Crippen molar-refractivity contribution in [2.24, 2.45) is 0 Å². The molecule has 174 valence electrons. The van der Waals surface area contributed by atoms with Crippen molar-refractivity contribution in [3.8, 4) is 11.5 Å². The molecule has 0 radical (unpaired) electrons. The molecule has 0 saturated carbocycles. The maximum absolute atomic E-state index is 11.9. The molecule has 0 N–H and O–H groups in total. The summed E-state index contributed by atoms with van der Waals surface area (Å²) in [5.74, 6) is 1.39. The number of rotatable bonds is 15. The topological polar surface area (TPSA) is 54.0 Å². The molecule has 32 heavy (non-hydrogen) atoms. The van der Waals surface area contributed by atoms with Crippen LogP contribution < -0.4 is 9.47 Å². The largest absolute Gasteiger partial charge is 0.497 e. The van der Waals surface area contributed by atoms with E-state index < -0.39 is 0 Å². The van der Waals surface area contributed by atoms with Crippen LogP contribution in [-0.2, 0) is 27.1 Å². The van der Waals surface area contributed by atoms with E-state index in [4.69, 9.17) is 18.9 Å². The van der Waals surface area contributed by atoms with Gasteiger partial charge in [-0.1, -0.05) is 37.6 Å². The van der Waals surface area contributed by atoms with Gasteiger partial charge in [0.15, 0.2) is 0 Å². The lowest BCUT2D eigenvalue weighted by molar-refractivity contribution is -0.139. The highest BCUT2D eigenvalue weighted by Gasteiger charge is 2.06. The number of carbonyl (C=O) groups excluding carboxylic acids is 1. The summed E-state index contributed by atoms with van der Waals surface area (Å²) in [6.07, 6.45) is 8.25. The summed E-state index contributed by atoms with van der Waals surface area (Å²) in [7, 11) is 1.68. The summed E-state index contributed by atoms with van der Waals surface area (Å²) >= 11 is 0. The van der Waals surface area contributed by atoms with Crippen LogP contribution in [0, 0.1) is 0 Å². The molecule has 0 aromatic heterocycles. The molecular weight excluding hydrogens is 404 g/mol. The SMILES string of the molecule is CCCCOc1cc(/C=C\C(=O)OCCOCC)ccc1CCCc1ccc(OC)cc1. The van der Waals surface area contributed by atoms with E-state index in [0.29, 0.717) is 19.8 Å². The summed E-state index contributed by atoms with van der Waals surface area (Å²) in [6.45, 7) is 6.03. The van der Waals surface area contributed by atoms with Crippen LogP contribution in [0.5, 0.6) is 11.5 Å². The molecule has 5 heteroatoms. The van der Waals surface area contributed by atoms with Gasteiger partial charge in [0.25, 0.3) is 0 Å². The first-order chi connectivity index (χ1) is 15.7. The minimum absolute atomic E-state index is 0.259. The zero-order valence-corrected chi connectivity index (χ0v) is 19.6. The summed E-state index contributed by atoms with van der Waals surface area (Å²) in [6, 6.07) is 14.3. The molecule has 0 aliphatic carbocycles. The van der Waals surface area contributed by atoms with Crippen LogP contribution in [-0.4, -0.2) is 39.5 Å². The number of unbranched alkanes of at least 4 members (excludes halogenated alkanes) is 1. The molecule has 0 aliphatic rings. The van der Waals surface area contributed by atoms with E-state index in [1.807, 2.05) is 31.2 Å². The van der Waals surface area contributed by atoms with Gasteiger partial charge >= 0.3 is 5.97 Å². The second-order valence-corrected chi connectivity index (χ2v) is 7.47. The monoisotopic (exact) mass is 440 g/mol. The predicted octanol–water partition coefficient (Wildman–Crippen LogP) is 5.64. The lowest BCUT2D eigenvalue weighted by atomic mass is 10.0. The van der Waals surface area contributed by atoms with Crippen molar-refractivity contribution in [2.75, 3.05) is 33.5 Å². The van der Waals surface area contributed by atoms with E-state index in [9.17, 15) is 4.79 Å². The Labute approximate surface area is 192 Å².